The van der Waals surface area contributed by atoms with Crippen LogP contribution >= 0.6 is 11.8 Å². The van der Waals surface area contributed by atoms with Crippen LogP contribution in [-0.2, 0) is 0 Å². The lowest BCUT2D eigenvalue weighted by atomic mass is 10.1. The molecule has 1 N–H and O–H groups in total. The maximum absolute atomic E-state index is 4.24. The highest BCUT2D eigenvalue weighted by Gasteiger charge is 2.38. The molecule has 0 spiro atoms. The van der Waals surface area contributed by atoms with Gasteiger partial charge in [-0.2, -0.15) is 0 Å². The molecule has 6 heteroatoms. The first-order valence-electron chi connectivity index (χ1n) is 6.18. The van der Waals surface area contributed by atoms with E-state index >= 15 is 0 Å². The molecule has 0 radical (unpaired) electrons. The first-order valence-corrected chi connectivity index (χ1v) is 6.99. The molecule has 3 rings (SSSR count). The van der Waals surface area contributed by atoms with E-state index in [4.69, 9.17) is 0 Å². The molecule has 94 valence electrons. The molecule has 2 aliphatic heterocycles. The van der Waals surface area contributed by atoms with Gasteiger partial charge in [-0.25, -0.2) is 0 Å². The van der Waals surface area contributed by atoms with Crippen LogP contribution in [0.15, 0.2) is 55.9 Å². The van der Waals surface area contributed by atoms with Crippen molar-refractivity contribution < 1.29 is 0 Å². The van der Waals surface area contributed by atoms with E-state index in [1.807, 2.05) is 18.2 Å². The van der Waals surface area contributed by atoms with Crippen LogP contribution in [0, 0.1) is 0 Å². The Kier molecular flexibility index (Phi) is 3.38. The molecule has 0 aliphatic carbocycles. The van der Waals surface area contributed by atoms with Crippen LogP contribution in [-0.4, -0.2) is 17.6 Å². The van der Waals surface area contributed by atoms with E-state index in [2.05, 4.69) is 38.1 Å². The SMILES string of the molecule is c1ccc(SC2(C[C@@H]3CCCN3)N=NN=N2)cc1. The van der Waals surface area contributed by atoms with Crippen molar-refractivity contribution in [1.82, 2.24) is 5.32 Å². The Morgan fingerprint density at radius 3 is 2.67 bits per heavy atom. The van der Waals surface area contributed by atoms with E-state index in [1.165, 1.54) is 12.8 Å². The van der Waals surface area contributed by atoms with Gasteiger partial charge in [0.05, 0.1) is 0 Å². The lowest BCUT2D eigenvalue weighted by Crippen LogP contribution is -2.30. The predicted molar refractivity (Wildman–Crippen MR) is 70.4 cm³/mol. The fourth-order valence-electron chi connectivity index (χ4n) is 2.29. The van der Waals surface area contributed by atoms with Crippen LogP contribution < -0.4 is 5.32 Å². The minimum absolute atomic E-state index is 0.470. The largest absolute Gasteiger partial charge is 0.314 e. The zero-order chi connectivity index (χ0) is 12.3. The maximum Gasteiger partial charge on any atom is 0.246 e. The van der Waals surface area contributed by atoms with Gasteiger partial charge in [0, 0.05) is 17.4 Å². The number of thioether (sulfide) groups is 1. The molecule has 0 aromatic heterocycles. The summed E-state index contributed by atoms with van der Waals surface area (Å²) in [6.45, 7) is 1.09. The van der Waals surface area contributed by atoms with Crippen molar-refractivity contribution in [3.63, 3.8) is 0 Å². The number of benzene rings is 1. The standard InChI is InChI=1S/C12H15N5S/c1-2-6-11(7-3-1)18-12(14-16-17-15-12)9-10-5-4-8-13-10/h1-3,6-7,10,13H,4-5,8-9H2/t10-/m0/s1. The van der Waals surface area contributed by atoms with Crippen molar-refractivity contribution in [3.8, 4) is 0 Å². The Morgan fingerprint density at radius 2 is 2.00 bits per heavy atom. The lowest BCUT2D eigenvalue weighted by Gasteiger charge is -2.22. The summed E-state index contributed by atoms with van der Waals surface area (Å²) < 4.78 is 0. The summed E-state index contributed by atoms with van der Waals surface area (Å²) in [5.41, 5.74) is 0. The van der Waals surface area contributed by atoms with Crippen molar-refractivity contribution in [2.24, 2.45) is 20.7 Å². The smallest absolute Gasteiger partial charge is 0.246 e. The topological polar surface area (TPSA) is 61.5 Å². The molecule has 1 aromatic rings. The highest BCUT2D eigenvalue weighted by Crippen LogP contribution is 2.42. The van der Waals surface area contributed by atoms with Gasteiger partial charge in [0.25, 0.3) is 0 Å². The summed E-state index contributed by atoms with van der Waals surface area (Å²) in [6, 6.07) is 10.7. The lowest BCUT2D eigenvalue weighted by molar-refractivity contribution is 0.467. The first kappa shape index (κ1) is 11.8. The average molecular weight is 261 g/mol. The molecule has 2 heterocycles. The summed E-state index contributed by atoms with van der Waals surface area (Å²) in [4.78, 5) is 0.582. The van der Waals surface area contributed by atoms with Crippen LogP contribution in [0.25, 0.3) is 0 Å². The van der Waals surface area contributed by atoms with E-state index in [-0.39, 0.29) is 0 Å². The Hall–Kier alpha value is -1.27. The molecule has 0 unspecified atom stereocenters. The van der Waals surface area contributed by atoms with E-state index in [0.717, 1.165) is 17.9 Å². The molecule has 1 fully saturated rings. The van der Waals surface area contributed by atoms with Crippen molar-refractivity contribution >= 4 is 11.8 Å². The Bertz CT molecular complexity index is 441. The molecule has 0 saturated carbocycles. The number of rotatable bonds is 4. The van der Waals surface area contributed by atoms with Gasteiger partial charge in [-0.3, -0.25) is 0 Å². The van der Waals surface area contributed by atoms with Crippen LogP contribution in [0.4, 0.5) is 0 Å². The quantitative estimate of drug-likeness (QED) is 0.902. The van der Waals surface area contributed by atoms with Crippen molar-refractivity contribution in [3.05, 3.63) is 30.3 Å². The number of hydrogen-bond acceptors (Lipinski definition) is 6. The third kappa shape index (κ3) is 2.59. The number of hydrogen-bond donors (Lipinski definition) is 1. The van der Waals surface area contributed by atoms with E-state index in [9.17, 15) is 0 Å². The van der Waals surface area contributed by atoms with Gasteiger partial charge in [-0.1, -0.05) is 30.0 Å². The van der Waals surface area contributed by atoms with Gasteiger partial charge in [0.15, 0.2) is 0 Å². The summed E-state index contributed by atoms with van der Waals surface area (Å²) in [6.07, 6.45) is 3.26. The van der Waals surface area contributed by atoms with Crippen LogP contribution in [0.2, 0.25) is 0 Å². The normalized spacial score (nSPS) is 24.8. The fourth-order valence-corrected chi connectivity index (χ4v) is 3.40. The third-order valence-corrected chi connectivity index (χ3v) is 4.31. The zero-order valence-electron chi connectivity index (χ0n) is 9.99. The highest BCUT2D eigenvalue weighted by atomic mass is 32.2. The van der Waals surface area contributed by atoms with E-state index < -0.39 is 4.99 Å². The van der Waals surface area contributed by atoms with Gasteiger partial charge >= 0.3 is 0 Å². The number of nitrogens with zero attached hydrogens (tertiary/aromatic N) is 4. The predicted octanol–water partition coefficient (Wildman–Crippen LogP) is 3.41. The zero-order valence-corrected chi connectivity index (χ0v) is 10.8. The minimum Gasteiger partial charge on any atom is -0.314 e. The van der Waals surface area contributed by atoms with Gasteiger partial charge in [-0.15, -0.1) is 10.2 Å². The van der Waals surface area contributed by atoms with Crippen LogP contribution in [0.1, 0.15) is 19.3 Å². The molecule has 1 atom stereocenters. The number of nitrogens with one attached hydrogen (secondary N) is 1. The van der Waals surface area contributed by atoms with E-state index in [0.29, 0.717) is 6.04 Å². The minimum atomic E-state index is -0.566. The third-order valence-electron chi connectivity index (χ3n) is 3.14. The van der Waals surface area contributed by atoms with Crippen molar-refractivity contribution in [2.75, 3.05) is 6.54 Å². The van der Waals surface area contributed by atoms with Crippen LogP contribution in [0.3, 0.4) is 0 Å². The molecule has 18 heavy (non-hydrogen) atoms. The summed E-state index contributed by atoms with van der Waals surface area (Å²) in [5.74, 6) is 0. The monoisotopic (exact) mass is 261 g/mol. The Balaban J connectivity index is 1.75. The molecule has 0 bridgehead atoms. The maximum atomic E-state index is 4.24. The molecule has 2 aliphatic rings. The molecule has 1 saturated heterocycles. The van der Waals surface area contributed by atoms with Gasteiger partial charge in [0.2, 0.25) is 4.99 Å². The molecule has 0 amide bonds. The Labute approximate surface area is 110 Å². The van der Waals surface area contributed by atoms with Crippen molar-refractivity contribution in [2.45, 2.75) is 35.2 Å². The Morgan fingerprint density at radius 1 is 1.22 bits per heavy atom. The second-order valence-electron chi connectivity index (χ2n) is 4.53. The van der Waals surface area contributed by atoms with E-state index in [1.54, 1.807) is 11.8 Å². The summed E-state index contributed by atoms with van der Waals surface area (Å²) in [7, 11) is 0. The van der Waals surface area contributed by atoms with Gasteiger partial charge in [0.1, 0.15) is 0 Å². The molecular formula is C12H15N5S. The first-order chi connectivity index (χ1) is 8.86. The molecular weight excluding hydrogens is 246 g/mol. The highest BCUT2D eigenvalue weighted by molar-refractivity contribution is 8.00. The summed E-state index contributed by atoms with van der Waals surface area (Å²) >= 11 is 1.62. The molecule has 1 aromatic carbocycles. The average Bonchev–Trinajstić information content (AvgIpc) is 3.03. The van der Waals surface area contributed by atoms with Gasteiger partial charge < -0.3 is 5.32 Å². The second kappa shape index (κ2) is 5.16. The van der Waals surface area contributed by atoms with Gasteiger partial charge in [-0.05, 0) is 42.0 Å². The summed E-state index contributed by atoms with van der Waals surface area (Å²) in [5, 5.41) is 19.4. The van der Waals surface area contributed by atoms with Crippen molar-refractivity contribution in [1.29, 1.82) is 0 Å². The van der Waals surface area contributed by atoms with Crippen LogP contribution in [0.5, 0.6) is 0 Å². The fraction of sp³-hybridized carbons (Fsp3) is 0.500. The molecule has 5 nitrogen and oxygen atoms in total. The second-order valence-corrected chi connectivity index (χ2v) is 5.86.